The van der Waals surface area contributed by atoms with E-state index in [-0.39, 0.29) is 0 Å². The van der Waals surface area contributed by atoms with Gasteiger partial charge >= 0.3 is 10.4 Å². The van der Waals surface area contributed by atoms with Crippen molar-refractivity contribution in [2.75, 3.05) is 14.1 Å². The van der Waals surface area contributed by atoms with E-state index in [1.54, 1.807) is 0 Å². The van der Waals surface area contributed by atoms with Gasteiger partial charge in [0.25, 0.3) is 0 Å². The van der Waals surface area contributed by atoms with Gasteiger partial charge < -0.3 is 4.90 Å². The Morgan fingerprint density at radius 3 is 1.65 bits per heavy atom. The molecule has 5 nitrogen and oxygen atoms in total. The smallest absolute Gasteiger partial charge is 0.306 e. The van der Waals surface area contributed by atoms with Crippen molar-refractivity contribution in [3.63, 3.8) is 0 Å². The van der Waals surface area contributed by atoms with Crippen LogP contribution in [0.3, 0.4) is 0 Å². The molecule has 20 heavy (non-hydrogen) atoms. The molecule has 0 spiro atoms. The molecule has 0 fully saturated rings. The Balaban J connectivity index is 0. The average Bonchev–Trinajstić information content (AvgIpc) is 2.30. The molecule has 0 aromatic carbocycles. The number of hydrogen-bond acceptors (Lipinski definition) is 3. The molecule has 0 rings (SSSR count). The third-order valence-corrected chi connectivity index (χ3v) is 3.26. The molecule has 1 atom stereocenters. The zero-order chi connectivity index (χ0) is 16.0. The number of unbranched alkanes of at least 4 members (excludes halogenated alkanes) is 5. The second-order valence-corrected chi connectivity index (χ2v) is 6.31. The SMILES string of the molecule is CCCCCCCC(CCCC)N(C)C.O=S(=O)(O)O. The van der Waals surface area contributed by atoms with Gasteiger partial charge in [-0.2, -0.15) is 8.42 Å². The quantitative estimate of drug-likeness (QED) is 0.474. The molecule has 0 bridgehead atoms. The van der Waals surface area contributed by atoms with Crippen LogP contribution in [-0.4, -0.2) is 42.6 Å². The summed E-state index contributed by atoms with van der Waals surface area (Å²) >= 11 is 0. The van der Waals surface area contributed by atoms with Gasteiger partial charge in [-0.25, -0.2) is 0 Å². The predicted octanol–water partition coefficient (Wildman–Crippen LogP) is 3.81. The van der Waals surface area contributed by atoms with E-state index < -0.39 is 10.4 Å². The van der Waals surface area contributed by atoms with Gasteiger partial charge in [-0.1, -0.05) is 58.8 Å². The lowest BCUT2D eigenvalue weighted by Crippen LogP contribution is -2.27. The highest BCUT2D eigenvalue weighted by Gasteiger charge is 2.09. The zero-order valence-electron chi connectivity index (χ0n) is 13.5. The third-order valence-electron chi connectivity index (χ3n) is 3.26. The van der Waals surface area contributed by atoms with Crippen LogP contribution in [0.25, 0.3) is 0 Å². The monoisotopic (exact) mass is 311 g/mol. The van der Waals surface area contributed by atoms with Crippen molar-refractivity contribution in [3.05, 3.63) is 0 Å². The highest BCUT2D eigenvalue weighted by atomic mass is 32.3. The molecule has 1 unspecified atom stereocenters. The van der Waals surface area contributed by atoms with E-state index >= 15 is 0 Å². The van der Waals surface area contributed by atoms with Gasteiger partial charge in [0, 0.05) is 6.04 Å². The van der Waals surface area contributed by atoms with Crippen LogP contribution in [-0.2, 0) is 10.4 Å². The van der Waals surface area contributed by atoms with E-state index in [9.17, 15) is 0 Å². The highest BCUT2D eigenvalue weighted by Crippen LogP contribution is 2.14. The van der Waals surface area contributed by atoms with Gasteiger partial charge in [0.15, 0.2) is 0 Å². The fraction of sp³-hybridized carbons (Fsp3) is 1.00. The Morgan fingerprint density at radius 1 is 0.850 bits per heavy atom. The molecule has 0 aromatic heterocycles. The summed E-state index contributed by atoms with van der Waals surface area (Å²) in [6.07, 6.45) is 12.6. The maximum atomic E-state index is 8.74. The Kier molecular flexibility index (Phi) is 15.3. The van der Waals surface area contributed by atoms with Crippen molar-refractivity contribution in [2.45, 2.75) is 77.7 Å². The Labute approximate surface area is 125 Å². The van der Waals surface area contributed by atoms with E-state index in [0.717, 1.165) is 6.04 Å². The van der Waals surface area contributed by atoms with Gasteiger partial charge in [0.05, 0.1) is 0 Å². The summed E-state index contributed by atoms with van der Waals surface area (Å²) in [5.41, 5.74) is 0. The lowest BCUT2D eigenvalue weighted by atomic mass is 10.0. The van der Waals surface area contributed by atoms with E-state index in [4.69, 9.17) is 17.5 Å². The first-order chi connectivity index (χ1) is 9.22. The molecule has 0 saturated heterocycles. The van der Waals surface area contributed by atoms with E-state index in [1.807, 2.05) is 0 Å². The van der Waals surface area contributed by atoms with Crippen molar-refractivity contribution in [1.29, 1.82) is 0 Å². The third kappa shape index (κ3) is 23.0. The maximum absolute atomic E-state index is 8.74. The summed E-state index contributed by atoms with van der Waals surface area (Å²) in [6.45, 7) is 4.57. The van der Waals surface area contributed by atoms with Gasteiger partial charge in [-0.15, -0.1) is 0 Å². The number of rotatable bonds is 10. The van der Waals surface area contributed by atoms with Crippen LogP contribution < -0.4 is 0 Å². The molecule has 2 N–H and O–H groups in total. The molecule has 0 saturated carbocycles. The molecule has 0 aromatic rings. The van der Waals surface area contributed by atoms with Crippen LogP contribution in [0.1, 0.15) is 71.6 Å². The minimum atomic E-state index is -4.67. The van der Waals surface area contributed by atoms with E-state index in [2.05, 4.69) is 32.8 Å². The Bertz CT molecular complexity index is 284. The standard InChI is InChI=1S/C14H31N.H2O4S/c1-5-7-9-10-11-13-14(15(3)4)12-8-6-2;1-5(2,3)4/h14H,5-13H2,1-4H3;(H2,1,2,3,4). The topological polar surface area (TPSA) is 77.8 Å². The van der Waals surface area contributed by atoms with Crippen molar-refractivity contribution in [2.24, 2.45) is 0 Å². The van der Waals surface area contributed by atoms with Crippen molar-refractivity contribution >= 4 is 10.4 Å². The molecular formula is C14H33NO4S. The molecule has 6 heteroatoms. The largest absolute Gasteiger partial charge is 0.394 e. The van der Waals surface area contributed by atoms with Crippen LogP contribution in [0.2, 0.25) is 0 Å². The van der Waals surface area contributed by atoms with Crippen LogP contribution in [0.4, 0.5) is 0 Å². The van der Waals surface area contributed by atoms with E-state index in [0.29, 0.717) is 0 Å². The molecule has 0 aliphatic heterocycles. The lowest BCUT2D eigenvalue weighted by Gasteiger charge is -2.24. The highest BCUT2D eigenvalue weighted by molar-refractivity contribution is 7.79. The lowest BCUT2D eigenvalue weighted by molar-refractivity contribution is 0.253. The summed E-state index contributed by atoms with van der Waals surface area (Å²) < 4.78 is 31.6. The minimum absolute atomic E-state index is 0.826. The minimum Gasteiger partial charge on any atom is -0.306 e. The zero-order valence-corrected chi connectivity index (χ0v) is 14.3. The van der Waals surface area contributed by atoms with Crippen molar-refractivity contribution in [3.8, 4) is 0 Å². The first kappa shape index (κ1) is 22.1. The fourth-order valence-electron chi connectivity index (χ4n) is 2.08. The first-order valence-electron chi connectivity index (χ1n) is 7.58. The number of hydrogen-bond donors (Lipinski definition) is 2. The Hall–Kier alpha value is -0.170. The second kappa shape index (κ2) is 13.8. The summed E-state index contributed by atoms with van der Waals surface area (Å²) in [5.74, 6) is 0. The summed E-state index contributed by atoms with van der Waals surface area (Å²) in [6, 6.07) is 0.826. The second-order valence-electron chi connectivity index (χ2n) is 5.41. The van der Waals surface area contributed by atoms with Crippen LogP contribution in [0.5, 0.6) is 0 Å². The van der Waals surface area contributed by atoms with Crippen molar-refractivity contribution < 1.29 is 17.5 Å². The van der Waals surface area contributed by atoms with Crippen LogP contribution in [0.15, 0.2) is 0 Å². The summed E-state index contributed by atoms with van der Waals surface area (Å²) in [5, 5.41) is 0. The van der Waals surface area contributed by atoms with Crippen LogP contribution >= 0.6 is 0 Å². The average molecular weight is 311 g/mol. The first-order valence-corrected chi connectivity index (χ1v) is 8.98. The van der Waals surface area contributed by atoms with Crippen molar-refractivity contribution in [1.82, 2.24) is 4.90 Å². The van der Waals surface area contributed by atoms with Gasteiger partial charge in [0.2, 0.25) is 0 Å². The number of nitrogens with zero attached hydrogens (tertiary/aromatic N) is 1. The summed E-state index contributed by atoms with van der Waals surface area (Å²) in [7, 11) is -0.210. The molecule has 0 radical (unpaired) electrons. The molecule has 0 amide bonds. The maximum Gasteiger partial charge on any atom is 0.394 e. The fourth-order valence-corrected chi connectivity index (χ4v) is 2.08. The molecule has 0 aliphatic rings. The normalized spacial score (nSPS) is 12.9. The van der Waals surface area contributed by atoms with Crippen LogP contribution in [0, 0.1) is 0 Å². The van der Waals surface area contributed by atoms with E-state index in [1.165, 1.54) is 57.8 Å². The summed E-state index contributed by atoms with van der Waals surface area (Å²) in [4.78, 5) is 2.41. The molecule has 0 heterocycles. The predicted molar refractivity (Wildman–Crippen MR) is 84.6 cm³/mol. The van der Waals surface area contributed by atoms with Gasteiger partial charge in [-0.3, -0.25) is 9.11 Å². The Morgan fingerprint density at radius 2 is 1.25 bits per heavy atom. The van der Waals surface area contributed by atoms with Gasteiger partial charge in [-0.05, 0) is 26.9 Å². The molecule has 124 valence electrons. The molecular weight excluding hydrogens is 278 g/mol. The van der Waals surface area contributed by atoms with Gasteiger partial charge in [0.1, 0.15) is 0 Å². The molecule has 0 aliphatic carbocycles.